The highest BCUT2D eigenvalue weighted by molar-refractivity contribution is 8.47. The van der Waals surface area contributed by atoms with Gasteiger partial charge in [-0.3, -0.25) is 9.59 Å². The first-order valence-corrected chi connectivity index (χ1v) is 5.83. The van der Waals surface area contributed by atoms with Crippen LogP contribution in [0, 0.1) is 0 Å². The number of hydrogen-bond donors (Lipinski definition) is 1. The summed E-state index contributed by atoms with van der Waals surface area (Å²) in [5.74, 6) is -0.915. The molecule has 4 nitrogen and oxygen atoms in total. The van der Waals surface area contributed by atoms with Crippen molar-refractivity contribution >= 4 is 51.7 Å². The fraction of sp³-hybridized carbons (Fsp3) is 0.571. The van der Waals surface area contributed by atoms with Gasteiger partial charge in [-0.1, -0.05) is 35.7 Å². The molecule has 2 atom stereocenters. The first-order chi connectivity index (χ1) is 6.47. The summed E-state index contributed by atoms with van der Waals surface area (Å²) < 4.78 is 5.04. The van der Waals surface area contributed by atoms with Crippen LogP contribution in [-0.4, -0.2) is 31.8 Å². The van der Waals surface area contributed by atoms with E-state index in [-0.39, 0.29) is 5.44 Å². The molecule has 0 aliphatic carbocycles. The molecule has 1 N–H and O–H groups in total. The van der Waals surface area contributed by atoms with Gasteiger partial charge in [0.25, 0.3) is 6.47 Å². The molecule has 0 radical (unpaired) electrons. The van der Waals surface area contributed by atoms with E-state index in [2.05, 4.69) is 4.74 Å². The molecule has 0 saturated heterocycles. The van der Waals surface area contributed by atoms with Crippen molar-refractivity contribution in [1.29, 1.82) is 0 Å². The Balaban J connectivity index is 3.86. The third kappa shape index (κ3) is 6.22. The maximum atomic E-state index is 10.5. The van der Waals surface area contributed by atoms with E-state index in [9.17, 15) is 9.59 Å². The third-order valence-corrected chi connectivity index (χ3v) is 3.67. The minimum absolute atomic E-state index is 0.339. The van der Waals surface area contributed by atoms with Crippen LogP contribution in [0.5, 0.6) is 0 Å². The van der Waals surface area contributed by atoms with Gasteiger partial charge in [-0.25, -0.2) is 0 Å². The van der Waals surface area contributed by atoms with Gasteiger partial charge in [-0.15, -0.1) is 0 Å². The average molecular weight is 254 g/mol. The highest BCUT2D eigenvalue weighted by Crippen LogP contribution is 2.25. The predicted molar refractivity (Wildman–Crippen MR) is 61.5 cm³/mol. The van der Waals surface area contributed by atoms with Crippen molar-refractivity contribution in [2.75, 3.05) is 0 Å². The molecule has 0 fully saturated rings. The lowest BCUT2D eigenvalue weighted by atomic mass is 10.5. The van der Waals surface area contributed by atoms with Crippen LogP contribution in [0.3, 0.4) is 0 Å². The quantitative estimate of drug-likeness (QED) is 0.455. The van der Waals surface area contributed by atoms with E-state index >= 15 is 0 Å². The predicted octanol–water partition coefficient (Wildman–Crippen LogP) is 1.73. The summed E-state index contributed by atoms with van der Waals surface area (Å²) in [5.41, 5.74) is -0.381. The lowest BCUT2D eigenvalue weighted by molar-refractivity contribution is -0.136. The molecule has 0 heterocycles. The van der Waals surface area contributed by atoms with Crippen molar-refractivity contribution in [3.63, 3.8) is 0 Å². The SMILES string of the molecule is CC(OC=O)SC(=S)SC(C)C(=O)O. The van der Waals surface area contributed by atoms with E-state index in [0.717, 1.165) is 23.5 Å². The Hall–Kier alpha value is -0.270. The van der Waals surface area contributed by atoms with Crippen LogP contribution in [0.1, 0.15) is 13.8 Å². The van der Waals surface area contributed by atoms with Crippen LogP contribution in [0.2, 0.25) is 0 Å². The highest BCUT2D eigenvalue weighted by Gasteiger charge is 2.16. The van der Waals surface area contributed by atoms with Gasteiger partial charge in [0.1, 0.15) is 14.2 Å². The zero-order chi connectivity index (χ0) is 11.1. The van der Waals surface area contributed by atoms with E-state index in [1.54, 1.807) is 13.8 Å². The number of ether oxygens (including phenoxy) is 1. The summed E-state index contributed by atoms with van der Waals surface area (Å²) in [5, 5.41) is 8.01. The molecule has 14 heavy (non-hydrogen) atoms. The topological polar surface area (TPSA) is 63.6 Å². The zero-order valence-corrected chi connectivity index (χ0v) is 10.1. The van der Waals surface area contributed by atoms with Gasteiger partial charge in [0.05, 0.1) is 0 Å². The maximum Gasteiger partial charge on any atom is 0.316 e. The van der Waals surface area contributed by atoms with Gasteiger partial charge in [-0.2, -0.15) is 0 Å². The second kappa shape index (κ2) is 7.08. The van der Waals surface area contributed by atoms with Crippen LogP contribution in [0.15, 0.2) is 0 Å². The first kappa shape index (κ1) is 13.7. The van der Waals surface area contributed by atoms with E-state index in [0.29, 0.717) is 10.0 Å². The monoisotopic (exact) mass is 254 g/mol. The van der Waals surface area contributed by atoms with E-state index in [1.807, 2.05) is 0 Å². The summed E-state index contributed by atoms with van der Waals surface area (Å²) in [6.45, 7) is 3.55. The number of aliphatic carboxylic acids is 1. The molecule has 0 spiro atoms. The fourth-order valence-corrected chi connectivity index (χ4v) is 3.13. The maximum absolute atomic E-state index is 10.5. The molecular weight excluding hydrogens is 244 g/mol. The largest absolute Gasteiger partial charge is 0.480 e. The molecule has 2 unspecified atom stereocenters. The summed E-state index contributed by atoms with van der Waals surface area (Å²) in [7, 11) is 0. The smallest absolute Gasteiger partial charge is 0.316 e. The van der Waals surface area contributed by atoms with Gasteiger partial charge in [-0.05, 0) is 13.8 Å². The second-order valence-electron chi connectivity index (χ2n) is 2.27. The molecule has 7 heteroatoms. The Labute approximate surface area is 95.8 Å². The number of hydrogen-bond acceptors (Lipinski definition) is 6. The molecule has 0 aliphatic rings. The Morgan fingerprint density at radius 3 is 2.50 bits per heavy atom. The van der Waals surface area contributed by atoms with Crippen molar-refractivity contribution in [2.45, 2.75) is 24.5 Å². The third-order valence-electron chi connectivity index (χ3n) is 1.13. The summed E-state index contributed by atoms with van der Waals surface area (Å²) in [4.78, 5) is 20.4. The lowest BCUT2D eigenvalue weighted by Gasteiger charge is -2.10. The normalized spacial score (nSPS) is 14.1. The fourth-order valence-electron chi connectivity index (χ4n) is 0.464. The number of rotatable bonds is 5. The Kier molecular flexibility index (Phi) is 6.94. The second-order valence-corrected chi connectivity index (χ2v) is 6.11. The Morgan fingerprint density at radius 1 is 1.50 bits per heavy atom. The van der Waals surface area contributed by atoms with Crippen molar-refractivity contribution < 1.29 is 19.4 Å². The van der Waals surface area contributed by atoms with Gasteiger partial charge < -0.3 is 9.84 Å². The van der Waals surface area contributed by atoms with Crippen molar-refractivity contribution in [2.24, 2.45) is 0 Å². The van der Waals surface area contributed by atoms with E-state index in [4.69, 9.17) is 17.3 Å². The molecule has 0 aliphatic heterocycles. The molecule has 0 aromatic rings. The first-order valence-electron chi connectivity index (χ1n) is 3.66. The zero-order valence-electron chi connectivity index (χ0n) is 7.63. The Morgan fingerprint density at radius 2 is 2.07 bits per heavy atom. The summed E-state index contributed by atoms with van der Waals surface area (Å²) in [6.07, 6.45) is 0. The van der Waals surface area contributed by atoms with Crippen LogP contribution in [0.25, 0.3) is 0 Å². The van der Waals surface area contributed by atoms with Gasteiger partial charge in [0.2, 0.25) is 0 Å². The lowest BCUT2D eigenvalue weighted by Crippen LogP contribution is -2.13. The van der Waals surface area contributed by atoms with Crippen molar-refractivity contribution in [3.05, 3.63) is 0 Å². The molecule has 80 valence electrons. The molecule has 0 aromatic carbocycles. The number of thiocarbonyl (C=S) groups is 1. The van der Waals surface area contributed by atoms with Crippen LogP contribution in [0.4, 0.5) is 0 Å². The summed E-state index contributed by atoms with van der Waals surface area (Å²) >= 11 is 7.11. The van der Waals surface area contributed by atoms with Crippen LogP contribution < -0.4 is 0 Å². The minimum atomic E-state index is -0.915. The number of thioether (sulfide) groups is 2. The van der Waals surface area contributed by atoms with Crippen LogP contribution >= 0.6 is 35.7 Å². The summed E-state index contributed by atoms with van der Waals surface area (Å²) in [6, 6.07) is 0. The molecule has 0 bridgehead atoms. The van der Waals surface area contributed by atoms with Crippen molar-refractivity contribution in [1.82, 2.24) is 0 Å². The molecule has 0 saturated carbocycles. The van der Waals surface area contributed by atoms with E-state index in [1.165, 1.54) is 0 Å². The minimum Gasteiger partial charge on any atom is -0.480 e. The standard InChI is InChI=1S/C7H10O4S3/c1-4(6(9)10)13-7(12)14-5(2)11-3-8/h3-5H,1-2H3,(H,9,10). The molecule has 0 amide bonds. The molecule has 0 aromatic heterocycles. The molecule has 0 rings (SSSR count). The number of carbonyl (C=O) groups excluding carboxylic acids is 1. The number of carboxylic acids is 1. The van der Waals surface area contributed by atoms with Crippen molar-refractivity contribution in [3.8, 4) is 0 Å². The Bertz CT molecular complexity index is 231. The highest BCUT2D eigenvalue weighted by atomic mass is 32.2. The number of carbonyl (C=O) groups is 2. The van der Waals surface area contributed by atoms with Gasteiger partial charge in [0, 0.05) is 0 Å². The van der Waals surface area contributed by atoms with E-state index < -0.39 is 11.2 Å². The van der Waals surface area contributed by atoms with Gasteiger partial charge >= 0.3 is 5.97 Å². The number of carboxylic acid groups (broad SMARTS) is 1. The van der Waals surface area contributed by atoms with Gasteiger partial charge in [0.15, 0.2) is 0 Å². The molecular formula is C7H10O4S3. The van der Waals surface area contributed by atoms with Crippen LogP contribution in [-0.2, 0) is 14.3 Å². The average Bonchev–Trinajstić information content (AvgIpc) is 2.03.